The highest BCUT2D eigenvalue weighted by Gasteiger charge is 2.29. The summed E-state index contributed by atoms with van der Waals surface area (Å²) in [6, 6.07) is 8.57. The Labute approximate surface area is 145 Å². The highest BCUT2D eigenvalue weighted by atomic mass is 16.5. The zero-order valence-electron chi connectivity index (χ0n) is 14.8. The van der Waals surface area contributed by atoms with Crippen molar-refractivity contribution < 1.29 is 9.53 Å². The Morgan fingerprint density at radius 2 is 2.04 bits per heavy atom. The predicted molar refractivity (Wildman–Crippen MR) is 96.2 cm³/mol. The van der Waals surface area contributed by atoms with Crippen LogP contribution in [0.5, 0.6) is 5.75 Å². The summed E-state index contributed by atoms with van der Waals surface area (Å²) >= 11 is 0. The fraction of sp³-hybridized carbons (Fsp3) is 0.550. The average Bonchev–Trinajstić information content (AvgIpc) is 2.92. The fourth-order valence-corrected chi connectivity index (χ4v) is 3.91. The van der Waals surface area contributed by atoms with Gasteiger partial charge < -0.3 is 9.64 Å². The van der Waals surface area contributed by atoms with E-state index in [0.717, 1.165) is 49.4 Å². The average molecular weight is 328 g/mol. The van der Waals surface area contributed by atoms with Crippen LogP contribution in [0.3, 0.4) is 0 Å². The lowest BCUT2D eigenvalue weighted by atomic mass is 10.0. The molecule has 130 valence electrons. The van der Waals surface area contributed by atoms with Crippen LogP contribution in [0.4, 0.5) is 0 Å². The Balaban J connectivity index is 1.64. The summed E-state index contributed by atoms with van der Waals surface area (Å²) in [6.07, 6.45) is 6.15. The number of carbonyl (C=O) groups excluding carboxylic acids is 1. The first-order valence-corrected chi connectivity index (χ1v) is 8.99. The van der Waals surface area contributed by atoms with Crippen molar-refractivity contribution in [2.45, 2.75) is 38.6 Å². The van der Waals surface area contributed by atoms with E-state index in [0.29, 0.717) is 6.04 Å². The zero-order chi connectivity index (χ0) is 16.9. The third-order valence-corrected chi connectivity index (χ3v) is 5.15. The summed E-state index contributed by atoms with van der Waals surface area (Å²) in [5.74, 6) is 1.05. The molecule has 2 aliphatic rings. The molecule has 3 rings (SSSR count). The fourth-order valence-electron chi connectivity index (χ4n) is 3.91. The van der Waals surface area contributed by atoms with Gasteiger partial charge in [-0.05, 0) is 50.8 Å². The molecule has 0 spiro atoms. The number of rotatable bonds is 4. The van der Waals surface area contributed by atoms with E-state index in [1.165, 1.54) is 19.4 Å². The van der Waals surface area contributed by atoms with Gasteiger partial charge in [-0.15, -0.1) is 0 Å². The summed E-state index contributed by atoms with van der Waals surface area (Å²) < 4.78 is 5.40. The predicted octanol–water partition coefficient (Wildman–Crippen LogP) is 2.88. The minimum atomic E-state index is 0.163. The van der Waals surface area contributed by atoms with E-state index in [1.54, 1.807) is 7.11 Å². The number of fused-ring (bicyclic) bond motifs is 1. The molecule has 2 saturated heterocycles. The van der Waals surface area contributed by atoms with Crippen molar-refractivity contribution in [3.05, 3.63) is 41.5 Å². The number of para-hydroxylation sites is 1. The largest absolute Gasteiger partial charge is 0.496 e. The quantitative estimate of drug-likeness (QED) is 0.797. The van der Waals surface area contributed by atoms with Crippen molar-refractivity contribution in [3.63, 3.8) is 0 Å². The Morgan fingerprint density at radius 1 is 1.25 bits per heavy atom. The van der Waals surface area contributed by atoms with Crippen LogP contribution in [0, 0.1) is 0 Å². The monoisotopic (exact) mass is 328 g/mol. The van der Waals surface area contributed by atoms with Gasteiger partial charge in [0, 0.05) is 31.8 Å². The van der Waals surface area contributed by atoms with Crippen LogP contribution in [0.2, 0.25) is 0 Å². The maximum absolute atomic E-state index is 12.7. The number of amides is 1. The van der Waals surface area contributed by atoms with Gasteiger partial charge in [0.25, 0.3) is 0 Å². The van der Waals surface area contributed by atoms with E-state index in [4.69, 9.17) is 4.74 Å². The van der Waals surface area contributed by atoms with Gasteiger partial charge in [0.2, 0.25) is 5.91 Å². The van der Waals surface area contributed by atoms with E-state index in [9.17, 15) is 4.79 Å². The Bertz CT molecular complexity index is 611. The van der Waals surface area contributed by atoms with E-state index >= 15 is 0 Å². The van der Waals surface area contributed by atoms with Crippen LogP contribution in [-0.4, -0.2) is 55.0 Å². The third-order valence-electron chi connectivity index (χ3n) is 5.15. The molecule has 1 amide bonds. The molecule has 1 atom stereocenters. The van der Waals surface area contributed by atoms with Crippen molar-refractivity contribution >= 4 is 5.91 Å². The van der Waals surface area contributed by atoms with Gasteiger partial charge in [-0.3, -0.25) is 9.69 Å². The van der Waals surface area contributed by atoms with Crippen molar-refractivity contribution in [1.29, 1.82) is 0 Å². The molecular formula is C20H28N2O2. The van der Waals surface area contributed by atoms with Crippen LogP contribution in [0.1, 0.15) is 31.7 Å². The minimum Gasteiger partial charge on any atom is -0.496 e. The second kappa shape index (κ2) is 7.84. The lowest BCUT2D eigenvalue weighted by Crippen LogP contribution is -2.39. The molecule has 2 fully saturated rings. The van der Waals surface area contributed by atoms with Gasteiger partial charge in [0.1, 0.15) is 5.75 Å². The molecule has 0 aromatic heterocycles. The highest BCUT2D eigenvalue weighted by molar-refractivity contribution is 5.88. The first-order valence-electron chi connectivity index (χ1n) is 8.99. The highest BCUT2D eigenvalue weighted by Crippen LogP contribution is 2.23. The van der Waals surface area contributed by atoms with E-state index in [1.807, 2.05) is 36.1 Å². The molecule has 0 bridgehead atoms. The molecular weight excluding hydrogens is 300 g/mol. The Morgan fingerprint density at radius 3 is 2.88 bits per heavy atom. The topological polar surface area (TPSA) is 32.8 Å². The summed E-state index contributed by atoms with van der Waals surface area (Å²) in [4.78, 5) is 17.3. The van der Waals surface area contributed by atoms with E-state index in [2.05, 4.69) is 11.0 Å². The summed E-state index contributed by atoms with van der Waals surface area (Å²) in [6.45, 7) is 6.14. The molecule has 0 radical (unpaired) electrons. The van der Waals surface area contributed by atoms with Crippen LogP contribution in [-0.2, 0) is 11.2 Å². The van der Waals surface area contributed by atoms with E-state index < -0.39 is 0 Å². The number of methoxy groups -OCH3 is 1. The Hall–Kier alpha value is -1.81. The normalized spacial score (nSPS) is 22.2. The van der Waals surface area contributed by atoms with Crippen molar-refractivity contribution in [2.75, 3.05) is 33.3 Å². The lowest BCUT2D eigenvalue weighted by molar-refractivity contribution is -0.126. The zero-order valence-corrected chi connectivity index (χ0v) is 14.8. The molecule has 24 heavy (non-hydrogen) atoms. The van der Waals surface area contributed by atoms with E-state index in [-0.39, 0.29) is 5.91 Å². The summed E-state index contributed by atoms with van der Waals surface area (Å²) in [5, 5.41) is 0. The van der Waals surface area contributed by atoms with Crippen molar-refractivity contribution in [3.8, 4) is 5.75 Å². The molecule has 0 aliphatic carbocycles. The molecule has 4 heteroatoms. The SMILES string of the molecule is COc1ccccc1CC(C)=CC(=O)N1CCCN2CCCC2C1. The lowest BCUT2D eigenvalue weighted by Gasteiger charge is -2.25. The molecule has 2 heterocycles. The van der Waals surface area contributed by atoms with Crippen molar-refractivity contribution in [1.82, 2.24) is 9.80 Å². The number of ether oxygens (including phenoxy) is 1. The molecule has 1 aromatic rings. The number of nitrogens with zero attached hydrogens (tertiary/aromatic N) is 2. The van der Waals surface area contributed by atoms with Crippen LogP contribution >= 0.6 is 0 Å². The molecule has 4 nitrogen and oxygen atoms in total. The molecule has 0 saturated carbocycles. The van der Waals surface area contributed by atoms with Gasteiger partial charge in [-0.25, -0.2) is 0 Å². The smallest absolute Gasteiger partial charge is 0.246 e. The maximum atomic E-state index is 12.7. The first-order chi connectivity index (χ1) is 11.7. The second-order valence-corrected chi connectivity index (χ2v) is 6.95. The van der Waals surface area contributed by atoms with Crippen LogP contribution in [0.25, 0.3) is 0 Å². The number of benzene rings is 1. The van der Waals surface area contributed by atoms with Crippen LogP contribution in [0.15, 0.2) is 35.9 Å². The molecule has 1 aromatic carbocycles. The summed E-state index contributed by atoms with van der Waals surface area (Å²) in [7, 11) is 1.69. The molecule has 1 unspecified atom stereocenters. The van der Waals surface area contributed by atoms with Crippen LogP contribution < -0.4 is 4.74 Å². The van der Waals surface area contributed by atoms with Gasteiger partial charge in [-0.1, -0.05) is 23.8 Å². The number of carbonyl (C=O) groups is 1. The first kappa shape index (κ1) is 17.0. The number of allylic oxidation sites excluding steroid dienone is 1. The third kappa shape index (κ3) is 3.99. The maximum Gasteiger partial charge on any atom is 0.246 e. The molecule has 2 aliphatic heterocycles. The standard InChI is InChI=1S/C20H28N2O2/c1-16(13-17-7-3-4-9-19(17)24-2)14-20(23)22-12-6-11-21-10-5-8-18(21)15-22/h3-4,7,9,14,18H,5-6,8,10-13,15H2,1-2H3. The van der Waals surface area contributed by atoms with Gasteiger partial charge in [0.05, 0.1) is 7.11 Å². The number of hydrogen-bond donors (Lipinski definition) is 0. The minimum absolute atomic E-state index is 0.163. The summed E-state index contributed by atoms with van der Waals surface area (Å²) in [5.41, 5.74) is 2.21. The van der Waals surface area contributed by atoms with Crippen molar-refractivity contribution in [2.24, 2.45) is 0 Å². The number of hydrogen-bond acceptors (Lipinski definition) is 3. The van der Waals surface area contributed by atoms with Gasteiger partial charge >= 0.3 is 0 Å². The van der Waals surface area contributed by atoms with Gasteiger partial charge in [-0.2, -0.15) is 0 Å². The Kier molecular flexibility index (Phi) is 5.56. The second-order valence-electron chi connectivity index (χ2n) is 6.95. The molecule has 0 N–H and O–H groups in total. The van der Waals surface area contributed by atoms with Gasteiger partial charge in [0.15, 0.2) is 0 Å².